The third-order valence-electron chi connectivity index (χ3n) is 5.55. The van der Waals surface area contributed by atoms with E-state index in [0.717, 1.165) is 5.56 Å². The lowest BCUT2D eigenvalue weighted by atomic mass is 10.1. The number of rotatable bonds is 6. The molecule has 1 aliphatic heterocycles. The van der Waals surface area contributed by atoms with Crippen molar-refractivity contribution in [2.75, 3.05) is 10.6 Å². The zero-order valence-corrected chi connectivity index (χ0v) is 18.3. The van der Waals surface area contributed by atoms with Crippen LogP contribution >= 0.6 is 0 Å². The standard InChI is InChI=1S/C20H26N4O4Si/c1-20(2,3)29(4,5)28-12-13-7-6-8-16(18(13)24(26)27)22-15-9-14-10-17(25)23-19(14)21-11-15/h6-9,11,22H,10,12H2,1-5H3,(H,21,23,25). The summed E-state index contributed by atoms with van der Waals surface area (Å²) in [5, 5.41) is 17.6. The maximum Gasteiger partial charge on any atom is 0.298 e. The average Bonchev–Trinajstić information content (AvgIpc) is 2.98. The Morgan fingerprint density at radius 3 is 2.72 bits per heavy atom. The molecule has 8 nitrogen and oxygen atoms in total. The van der Waals surface area contributed by atoms with Crippen molar-refractivity contribution in [3.8, 4) is 0 Å². The smallest absolute Gasteiger partial charge is 0.298 e. The van der Waals surface area contributed by atoms with E-state index in [2.05, 4.69) is 49.5 Å². The number of hydrogen-bond acceptors (Lipinski definition) is 6. The van der Waals surface area contributed by atoms with Gasteiger partial charge in [-0.15, -0.1) is 0 Å². The highest BCUT2D eigenvalue weighted by molar-refractivity contribution is 6.74. The minimum absolute atomic E-state index is 0.0130. The maximum absolute atomic E-state index is 11.8. The molecule has 0 atom stereocenters. The molecule has 0 fully saturated rings. The first-order chi connectivity index (χ1) is 13.5. The van der Waals surface area contributed by atoms with Gasteiger partial charge in [-0.1, -0.05) is 26.8 Å². The van der Waals surface area contributed by atoms with Crippen molar-refractivity contribution in [1.82, 2.24) is 4.98 Å². The molecule has 154 valence electrons. The summed E-state index contributed by atoms with van der Waals surface area (Å²) >= 11 is 0. The molecule has 2 N–H and O–H groups in total. The quantitative estimate of drug-likeness (QED) is 0.401. The van der Waals surface area contributed by atoms with Gasteiger partial charge in [0.15, 0.2) is 8.32 Å². The third-order valence-corrected chi connectivity index (χ3v) is 10.0. The summed E-state index contributed by atoms with van der Waals surface area (Å²) in [4.78, 5) is 27.2. The lowest BCUT2D eigenvalue weighted by molar-refractivity contribution is -0.384. The summed E-state index contributed by atoms with van der Waals surface area (Å²) in [5.41, 5.74) is 2.23. The van der Waals surface area contributed by atoms with Crippen molar-refractivity contribution in [2.45, 2.75) is 51.9 Å². The van der Waals surface area contributed by atoms with Gasteiger partial charge in [0.2, 0.25) is 5.91 Å². The van der Waals surface area contributed by atoms with E-state index in [-0.39, 0.29) is 29.7 Å². The molecule has 9 heteroatoms. The molecule has 0 aliphatic carbocycles. The maximum atomic E-state index is 11.8. The number of nitro groups is 1. The molecule has 1 aliphatic rings. The van der Waals surface area contributed by atoms with E-state index in [1.807, 2.05) is 0 Å². The predicted molar refractivity (Wildman–Crippen MR) is 115 cm³/mol. The molecule has 29 heavy (non-hydrogen) atoms. The van der Waals surface area contributed by atoms with Gasteiger partial charge < -0.3 is 15.1 Å². The molecule has 0 spiro atoms. The van der Waals surface area contributed by atoms with Gasteiger partial charge in [-0.05, 0) is 36.3 Å². The van der Waals surface area contributed by atoms with Gasteiger partial charge in [-0.25, -0.2) is 4.98 Å². The number of benzene rings is 1. The number of carbonyl (C=O) groups is 1. The number of anilines is 3. The number of amides is 1. The summed E-state index contributed by atoms with van der Waals surface area (Å²) in [6.07, 6.45) is 1.80. The molecule has 2 heterocycles. The van der Waals surface area contributed by atoms with Gasteiger partial charge in [-0.2, -0.15) is 0 Å². The average molecular weight is 415 g/mol. The fraction of sp³-hybridized carbons (Fsp3) is 0.400. The van der Waals surface area contributed by atoms with Gasteiger partial charge in [0.25, 0.3) is 5.69 Å². The van der Waals surface area contributed by atoms with Gasteiger partial charge >= 0.3 is 0 Å². The Kier molecular flexibility index (Phi) is 5.46. The monoisotopic (exact) mass is 414 g/mol. The Bertz CT molecular complexity index is 969. The molecule has 3 rings (SSSR count). The molecule has 1 amide bonds. The largest absolute Gasteiger partial charge is 0.412 e. The van der Waals surface area contributed by atoms with E-state index in [1.165, 1.54) is 0 Å². The highest BCUT2D eigenvalue weighted by Crippen LogP contribution is 2.39. The molecular weight excluding hydrogens is 388 g/mol. The number of nitrogens with zero attached hydrogens (tertiary/aromatic N) is 2. The predicted octanol–water partition coefficient (Wildman–Crippen LogP) is 4.75. The summed E-state index contributed by atoms with van der Waals surface area (Å²) in [6, 6.07) is 6.93. The number of carbonyl (C=O) groups excluding carboxylic acids is 1. The van der Waals surface area contributed by atoms with E-state index in [0.29, 0.717) is 22.8 Å². The number of nitro benzene ring substituents is 1. The van der Waals surface area contributed by atoms with Crippen LogP contribution < -0.4 is 10.6 Å². The van der Waals surface area contributed by atoms with Crippen LogP contribution in [0.3, 0.4) is 0 Å². The van der Waals surface area contributed by atoms with Crippen molar-refractivity contribution in [1.29, 1.82) is 0 Å². The lowest BCUT2D eigenvalue weighted by Crippen LogP contribution is -2.40. The zero-order valence-electron chi connectivity index (χ0n) is 17.3. The van der Waals surface area contributed by atoms with E-state index in [1.54, 1.807) is 30.5 Å². The lowest BCUT2D eigenvalue weighted by Gasteiger charge is -2.36. The number of nitrogens with one attached hydrogen (secondary N) is 2. The van der Waals surface area contributed by atoms with E-state index in [9.17, 15) is 14.9 Å². The van der Waals surface area contributed by atoms with Crippen LogP contribution in [0.4, 0.5) is 22.9 Å². The normalized spacial score (nSPS) is 13.8. The molecule has 0 saturated heterocycles. The fourth-order valence-corrected chi connectivity index (χ4v) is 3.78. The van der Waals surface area contributed by atoms with Crippen molar-refractivity contribution in [3.63, 3.8) is 0 Å². The molecule has 0 bridgehead atoms. The molecular formula is C20H26N4O4Si. The van der Waals surface area contributed by atoms with Crippen LogP contribution in [0.1, 0.15) is 31.9 Å². The minimum atomic E-state index is -2.05. The Hall–Kier alpha value is -2.78. The van der Waals surface area contributed by atoms with E-state index in [4.69, 9.17) is 4.43 Å². The first kappa shape index (κ1) is 20.9. The Morgan fingerprint density at radius 2 is 2.07 bits per heavy atom. The van der Waals surface area contributed by atoms with E-state index >= 15 is 0 Å². The second kappa shape index (κ2) is 7.56. The fourth-order valence-electron chi connectivity index (χ4n) is 2.83. The third kappa shape index (κ3) is 4.46. The van der Waals surface area contributed by atoms with Gasteiger partial charge in [0.1, 0.15) is 11.5 Å². The van der Waals surface area contributed by atoms with Gasteiger partial charge in [-0.3, -0.25) is 14.9 Å². The van der Waals surface area contributed by atoms with Crippen LogP contribution in [0.25, 0.3) is 0 Å². The first-order valence-corrected chi connectivity index (χ1v) is 12.3. The Balaban J connectivity index is 1.87. The van der Waals surface area contributed by atoms with Crippen LogP contribution in [0, 0.1) is 10.1 Å². The van der Waals surface area contributed by atoms with Crippen molar-refractivity contribution >= 4 is 37.1 Å². The van der Waals surface area contributed by atoms with Crippen LogP contribution in [-0.4, -0.2) is 24.1 Å². The topological polar surface area (TPSA) is 106 Å². The highest BCUT2D eigenvalue weighted by atomic mass is 28.4. The number of pyridine rings is 1. The van der Waals surface area contributed by atoms with Crippen molar-refractivity contribution < 1.29 is 14.1 Å². The van der Waals surface area contributed by atoms with Gasteiger partial charge in [0.05, 0.1) is 35.4 Å². The Morgan fingerprint density at radius 1 is 1.34 bits per heavy atom. The second-order valence-electron chi connectivity index (χ2n) is 8.70. The molecule has 2 aromatic rings. The van der Waals surface area contributed by atoms with E-state index < -0.39 is 13.2 Å². The molecule has 0 radical (unpaired) electrons. The van der Waals surface area contributed by atoms with Crippen LogP contribution in [0.15, 0.2) is 30.5 Å². The number of hydrogen-bond donors (Lipinski definition) is 2. The summed E-state index contributed by atoms with van der Waals surface area (Å²) in [7, 11) is -2.05. The van der Waals surface area contributed by atoms with Crippen molar-refractivity contribution in [2.24, 2.45) is 0 Å². The van der Waals surface area contributed by atoms with Crippen LogP contribution in [0.5, 0.6) is 0 Å². The number of para-hydroxylation sites is 1. The summed E-state index contributed by atoms with van der Waals surface area (Å²) in [6.45, 7) is 10.8. The highest BCUT2D eigenvalue weighted by Gasteiger charge is 2.37. The SMILES string of the molecule is CC(C)(C)[Si](C)(C)OCc1cccc(Nc2cnc3c(c2)CC(=O)N3)c1[N+](=O)[O-]. The molecule has 1 aromatic heterocycles. The summed E-state index contributed by atoms with van der Waals surface area (Å²) in [5.74, 6) is 0.423. The summed E-state index contributed by atoms with van der Waals surface area (Å²) < 4.78 is 6.20. The molecule has 0 saturated carbocycles. The minimum Gasteiger partial charge on any atom is -0.412 e. The Labute approximate surface area is 171 Å². The van der Waals surface area contributed by atoms with Gasteiger partial charge in [0, 0.05) is 5.56 Å². The molecule has 1 aromatic carbocycles. The molecule has 0 unspecified atom stereocenters. The second-order valence-corrected chi connectivity index (χ2v) is 13.5. The first-order valence-electron chi connectivity index (χ1n) is 9.44. The van der Waals surface area contributed by atoms with Crippen molar-refractivity contribution in [3.05, 3.63) is 51.7 Å². The zero-order chi connectivity index (χ0) is 21.4. The number of fused-ring (bicyclic) bond motifs is 1. The van der Waals surface area contributed by atoms with Crippen LogP contribution in [0.2, 0.25) is 18.1 Å². The van der Waals surface area contributed by atoms with Crippen LogP contribution in [-0.2, 0) is 22.2 Å². The number of aromatic nitrogens is 1.